The van der Waals surface area contributed by atoms with Crippen molar-refractivity contribution in [2.45, 2.75) is 192 Å². The van der Waals surface area contributed by atoms with Crippen LogP contribution in [0.2, 0.25) is 0 Å². The number of carbonyl (C=O) groups excluding carboxylic acids is 4. The fourth-order valence-corrected chi connectivity index (χ4v) is 12.5. The number of Topliss-reactive ketones (excluding diaryl/α,β-unsaturated/α-hetero) is 1. The van der Waals surface area contributed by atoms with Crippen LogP contribution in [0.25, 0.3) is 10.9 Å². The summed E-state index contributed by atoms with van der Waals surface area (Å²) in [7, 11) is 6.86. The highest BCUT2D eigenvalue weighted by Gasteiger charge is 2.61. The second kappa shape index (κ2) is 24.6. The average Bonchev–Trinajstić information content (AvgIpc) is 3.66. The van der Waals surface area contributed by atoms with Crippen molar-refractivity contribution in [1.29, 1.82) is 0 Å². The highest BCUT2D eigenvalue weighted by molar-refractivity contribution is 5.89. The molecule has 4 saturated heterocycles. The van der Waals surface area contributed by atoms with E-state index in [9.17, 15) is 14.7 Å². The molecule has 3 aromatic rings. The summed E-state index contributed by atoms with van der Waals surface area (Å²) < 4.78 is 58.8. The number of hydrogen-bond acceptors (Lipinski definition) is 17. The van der Waals surface area contributed by atoms with Crippen LogP contribution in [0.5, 0.6) is 0 Å². The number of rotatable bonds is 15. The van der Waals surface area contributed by atoms with Crippen molar-refractivity contribution in [1.82, 2.24) is 20.3 Å². The van der Waals surface area contributed by atoms with Gasteiger partial charge in [0.25, 0.3) is 0 Å². The van der Waals surface area contributed by atoms with Crippen LogP contribution in [0.4, 0.5) is 4.79 Å². The third-order valence-electron chi connectivity index (χ3n) is 16.9. The fraction of sp³-hybridized carbons (Fsp3) is 0.672. The Morgan fingerprint density at radius 1 is 0.868 bits per heavy atom. The third-order valence-corrected chi connectivity index (χ3v) is 16.9. The molecule has 7 rings (SSSR count). The van der Waals surface area contributed by atoms with Crippen molar-refractivity contribution in [3.8, 4) is 0 Å². The molecule has 1 aromatic heterocycles. The molecule has 8 unspecified atom stereocenters. The minimum atomic E-state index is -1.50. The van der Waals surface area contributed by atoms with Gasteiger partial charge in [-0.3, -0.25) is 14.6 Å². The SMILES string of the molecule is CC[C@H]1OC(=O)[C@H](C)[C@@H](OC2CC(C)(OC)C(OC(=O)c3ccccc3)C(C)O2)[C@H](C)[C@@H](OC2OC(C)CC(N(C)C)C2O)[C@](C)(OC)C[C@@H](C)C(=O)[C@H](C)[C@H]2N(NCCCc3ccnc4ccccc34)C(=O)O[C@]12C. The molecule has 0 saturated carbocycles. The average molecular weight is 1060 g/mol. The van der Waals surface area contributed by atoms with Gasteiger partial charge in [0.05, 0.1) is 47.0 Å². The van der Waals surface area contributed by atoms with E-state index in [4.69, 9.17) is 42.6 Å². The summed E-state index contributed by atoms with van der Waals surface area (Å²) in [5, 5.41) is 14.4. The van der Waals surface area contributed by atoms with Crippen LogP contribution in [0.3, 0.4) is 0 Å². The molecule has 2 aromatic carbocycles. The highest BCUT2D eigenvalue weighted by Crippen LogP contribution is 2.45. The number of amides is 1. The van der Waals surface area contributed by atoms with Gasteiger partial charge in [-0.05, 0) is 118 Å². The molecule has 4 aliphatic rings. The number of ketones is 1. The topological polar surface area (TPSA) is 203 Å². The minimum Gasteiger partial charge on any atom is -0.458 e. The molecule has 420 valence electrons. The van der Waals surface area contributed by atoms with Crippen molar-refractivity contribution in [2.75, 3.05) is 34.9 Å². The number of nitrogens with zero attached hydrogens (tertiary/aromatic N) is 3. The number of likely N-dealkylation sites (N-methyl/N-ethyl adjacent to an activating group) is 1. The second-order valence-electron chi connectivity index (χ2n) is 22.6. The number of ether oxygens (including phenoxy) is 9. The number of esters is 2. The van der Waals surface area contributed by atoms with E-state index in [1.807, 2.05) is 96.9 Å². The summed E-state index contributed by atoms with van der Waals surface area (Å²) in [6.45, 7) is 18.5. The van der Waals surface area contributed by atoms with Crippen molar-refractivity contribution in [2.24, 2.45) is 23.7 Å². The van der Waals surface area contributed by atoms with Crippen molar-refractivity contribution in [3.63, 3.8) is 0 Å². The van der Waals surface area contributed by atoms with Gasteiger partial charge in [-0.2, -0.15) is 0 Å². The predicted octanol–water partition coefficient (Wildman–Crippen LogP) is 7.46. The maximum absolute atomic E-state index is 15.2. The molecule has 0 bridgehead atoms. The summed E-state index contributed by atoms with van der Waals surface area (Å²) in [6, 6.07) is 17.4. The summed E-state index contributed by atoms with van der Waals surface area (Å²) in [4.78, 5) is 64.6. The molecule has 2 N–H and O–H groups in total. The summed E-state index contributed by atoms with van der Waals surface area (Å²) >= 11 is 0. The Labute approximate surface area is 449 Å². The van der Waals surface area contributed by atoms with E-state index in [0.29, 0.717) is 31.4 Å². The van der Waals surface area contributed by atoms with Crippen LogP contribution < -0.4 is 5.43 Å². The lowest BCUT2D eigenvalue weighted by atomic mass is 9.73. The Hall–Kier alpha value is -4.63. The lowest BCUT2D eigenvalue weighted by Crippen LogP contribution is -2.62. The van der Waals surface area contributed by atoms with E-state index < -0.39 is 114 Å². The molecule has 1 amide bonds. The highest BCUT2D eigenvalue weighted by atomic mass is 16.7. The Bertz CT molecular complexity index is 2460. The van der Waals surface area contributed by atoms with Crippen LogP contribution in [-0.4, -0.2) is 163 Å². The number of benzene rings is 2. The number of carbonyl (C=O) groups is 4. The summed E-state index contributed by atoms with van der Waals surface area (Å²) in [5.74, 6) is -4.76. The van der Waals surface area contributed by atoms with Crippen LogP contribution in [0.1, 0.15) is 117 Å². The molecule has 18 atom stereocenters. The first kappa shape index (κ1) is 59.0. The fourth-order valence-electron chi connectivity index (χ4n) is 12.5. The Balaban J connectivity index is 1.25. The molecular weight excluding hydrogens is 977 g/mol. The number of hydrazine groups is 1. The van der Waals surface area contributed by atoms with E-state index in [-0.39, 0.29) is 37.2 Å². The van der Waals surface area contributed by atoms with Gasteiger partial charge in [-0.15, -0.1) is 0 Å². The molecule has 0 aliphatic carbocycles. The molecule has 0 spiro atoms. The second-order valence-corrected chi connectivity index (χ2v) is 22.6. The van der Waals surface area contributed by atoms with Crippen LogP contribution in [-0.2, 0) is 58.6 Å². The molecule has 0 radical (unpaired) electrons. The van der Waals surface area contributed by atoms with Crippen molar-refractivity contribution in [3.05, 3.63) is 78.0 Å². The predicted molar refractivity (Wildman–Crippen MR) is 283 cm³/mol. The van der Waals surface area contributed by atoms with E-state index in [0.717, 1.165) is 16.5 Å². The van der Waals surface area contributed by atoms with E-state index >= 15 is 9.59 Å². The Morgan fingerprint density at radius 3 is 2.21 bits per heavy atom. The maximum atomic E-state index is 15.2. The largest absolute Gasteiger partial charge is 0.458 e. The van der Waals surface area contributed by atoms with Gasteiger partial charge in [0.2, 0.25) is 0 Å². The number of aliphatic hydroxyl groups excluding tert-OH is 1. The van der Waals surface area contributed by atoms with Gasteiger partial charge in [-0.25, -0.2) is 20.0 Å². The van der Waals surface area contributed by atoms with Gasteiger partial charge in [0.15, 0.2) is 24.3 Å². The number of hydrogen-bond donors (Lipinski definition) is 2. The van der Waals surface area contributed by atoms with Crippen LogP contribution in [0, 0.1) is 23.7 Å². The number of cyclic esters (lactones) is 1. The smallest absolute Gasteiger partial charge is 0.425 e. The zero-order valence-electron chi connectivity index (χ0n) is 47.1. The van der Waals surface area contributed by atoms with Gasteiger partial charge < -0.3 is 52.6 Å². The zero-order chi connectivity index (χ0) is 55.4. The normalized spacial score (nSPS) is 37.8. The van der Waals surface area contributed by atoms with E-state index in [2.05, 4.69) is 10.4 Å². The molecule has 76 heavy (non-hydrogen) atoms. The summed E-state index contributed by atoms with van der Waals surface area (Å²) in [5.41, 5.74) is 1.77. The third kappa shape index (κ3) is 12.3. The summed E-state index contributed by atoms with van der Waals surface area (Å²) in [6.07, 6.45) is -4.94. The van der Waals surface area contributed by atoms with E-state index in [1.165, 1.54) is 12.1 Å². The first-order chi connectivity index (χ1) is 36.0. The monoisotopic (exact) mass is 1060 g/mol. The number of aromatic nitrogens is 1. The van der Waals surface area contributed by atoms with Crippen LogP contribution in [0.15, 0.2) is 66.9 Å². The number of methoxy groups -OCH3 is 2. The number of aryl methyl sites for hydroxylation is 1. The lowest BCUT2D eigenvalue weighted by molar-refractivity contribution is -0.319. The molecular formula is C58H84N4O14. The van der Waals surface area contributed by atoms with Gasteiger partial charge >= 0.3 is 18.0 Å². The number of fused-ring (bicyclic) bond motifs is 2. The number of aliphatic hydroxyl groups is 1. The zero-order valence-corrected chi connectivity index (χ0v) is 47.1. The number of para-hydroxylation sites is 1. The van der Waals surface area contributed by atoms with Gasteiger partial charge in [0, 0.05) is 62.6 Å². The molecule has 4 aliphatic heterocycles. The Morgan fingerprint density at radius 2 is 1.54 bits per heavy atom. The van der Waals surface area contributed by atoms with Crippen LogP contribution >= 0.6 is 0 Å². The first-order valence-corrected chi connectivity index (χ1v) is 27.2. The van der Waals surface area contributed by atoms with E-state index in [1.54, 1.807) is 65.3 Å². The number of pyridine rings is 1. The standard InChI is InChI=1S/C58H84N4O14/c1-15-44-58(10)49(62(55(67)76-58)60-28-21-24-39-27-29-59-42-26-20-19-25-41(39)42)35(4)46(63)33(2)31-56(8,68-13)50(75-54-47(64)43(61(11)12)30-34(3)70-54)36(5)48(37(6)52(65)72-44)73-45-32-57(9,69-14)51(38(7)71-45)74-53(66)40-22-17-16-18-23-40/h16-20,22-23,25-27,29,33-38,43-45,47-51,54,60,64H,15,21,24,28,30-32H2,1-14H3/t33-,34?,35+,36+,37-,38?,43?,44-,45?,47?,48+,49-,50-,51?,54?,56-,57?,58-/m1/s1. The Kier molecular flexibility index (Phi) is 19.1. The molecule has 18 nitrogen and oxygen atoms in total. The van der Waals surface area contributed by atoms with Crippen molar-refractivity contribution >= 4 is 34.7 Å². The van der Waals surface area contributed by atoms with Crippen molar-refractivity contribution < 1.29 is 66.9 Å². The van der Waals surface area contributed by atoms with Gasteiger partial charge in [0.1, 0.15) is 29.6 Å². The maximum Gasteiger partial charge on any atom is 0.425 e. The minimum absolute atomic E-state index is 0.0732. The lowest BCUT2D eigenvalue weighted by Gasteiger charge is -2.50. The molecule has 18 heteroatoms. The molecule has 5 heterocycles. The van der Waals surface area contributed by atoms with Gasteiger partial charge in [-0.1, -0.05) is 64.1 Å². The molecule has 4 fully saturated rings. The first-order valence-electron chi connectivity index (χ1n) is 27.2. The number of nitrogens with one attached hydrogen (secondary N) is 1. The quantitative estimate of drug-likeness (QED) is 0.0862.